The van der Waals surface area contributed by atoms with E-state index in [1.54, 1.807) is 0 Å². The smallest absolute Gasteiger partial charge is 0.407 e. The second-order valence-corrected chi connectivity index (χ2v) is 8.24. The molecule has 1 atom stereocenters. The van der Waals surface area contributed by atoms with Crippen molar-refractivity contribution in [2.24, 2.45) is 0 Å². The zero-order chi connectivity index (χ0) is 20.9. The molecule has 0 saturated carbocycles. The number of nitriles is 1. The zero-order valence-electron chi connectivity index (χ0n) is 17.5. The van der Waals surface area contributed by atoms with Crippen molar-refractivity contribution in [3.8, 4) is 11.8 Å². The number of ether oxygens (including phenoxy) is 1. The van der Waals surface area contributed by atoms with Gasteiger partial charge in [-0.3, -0.25) is 4.90 Å². The van der Waals surface area contributed by atoms with Gasteiger partial charge < -0.3 is 20.1 Å². The van der Waals surface area contributed by atoms with E-state index in [0.717, 1.165) is 36.6 Å². The van der Waals surface area contributed by atoms with Gasteiger partial charge in [-0.1, -0.05) is 13.8 Å². The fourth-order valence-corrected chi connectivity index (χ4v) is 3.40. The molecule has 2 N–H and O–H groups in total. The first-order valence-electron chi connectivity index (χ1n) is 9.81. The summed E-state index contributed by atoms with van der Waals surface area (Å²) in [5.41, 5.74) is 1.37. The predicted molar refractivity (Wildman–Crippen MR) is 110 cm³/mol. The van der Waals surface area contributed by atoms with Crippen molar-refractivity contribution in [2.75, 3.05) is 38.1 Å². The number of hydrogen-bond donors (Lipinski definition) is 2. The molecule has 154 valence electrons. The second kappa shape index (κ2) is 9.16. The normalized spacial score (nSPS) is 18.0. The number of nitrogens with zero attached hydrogens (tertiary/aromatic N) is 3. The maximum atomic E-state index is 11.2. The van der Waals surface area contributed by atoms with Crippen LogP contribution >= 0.6 is 0 Å². The molecule has 1 amide bonds. The van der Waals surface area contributed by atoms with Crippen molar-refractivity contribution in [1.29, 1.82) is 5.26 Å². The number of nitrogens with one attached hydrogen (secondary N) is 1. The molecule has 0 radical (unpaired) electrons. The number of anilines is 1. The number of rotatable bonds is 7. The van der Waals surface area contributed by atoms with Crippen LogP contribution in [0.3, 0.4) is 0 Å². The minimum Gasteiger partial charge on any atom is -0.492 e. The van der Waals surface area contributed by atoms with Gasteiger partial charge >= 0.3 is 6.09 Å². The van der Waals surface area contributed by atoms with E-state index in [4.69, 9.17) is 4.74 Å². The second-order valence-electron chi connectivity index (χ2n) is 8.24. The minimum absolute atomic E-state index is 0.00804. The number of amides is 1. The van der Waals surface area contributed by atoms with Gasteiger partial charge in [0.05, 0.1) is 6.07 Å². The predicted octanol–water partition coefficient (Wildman–Crippen LogP) is 3.59. The van der Waals surface area contributed by atoms with Gasteiger partial charge in [0.2, 0.25) is 0 Å². The molecule has 1 aliphatic rings. The monoisotopic (exact) mass is 388 g/mol. The Morgan fingerprint density at radius 2 is 2.14 bits per heavy atom. The van der Waals surface area contributed by atoms with Gasteiger partial charge in [0.25, 0.3) is 0 Å². The number of carboxylic acid groups (broad SMARTS) is 1. The van der Waals surface area contributed by atoms with Gasteiger partial charge in [0.15, 0.2) is 0 Å². The van der Waals surface area contributed by atoms with Crippen LogP contribution in [-0.4, -0.2) is 65.4 Å². The summed E-state index contributed by atoms with van der Waals surface area (Å²) in [6, 6.07) is 8.18. The van der Waals surface area contributed by atoms with Gasteiger partial charge in [-0.2, -0.15) is 5.26 Å². The Bertz CT molecular complexity index is 727. The highest BCUT2D eigenvalue weighted by atomic mass is 16.5. The maximum absolute atomic E-state index is 11.2. The van der Waals surface area contributed by atoms with Crippen molar-refractivity contribution in [2.45, 2.75) is 52.1 Å². The molecule has 28 heavy (non-hydrogen) atoms. The molecule has 1 aromatic rings. The van der Waals surface area contributed by atoms with Crippen LogP contribution in [0, 0.1) is 11.3 Å². The Kier molecular flexibility index (Phi) is 7.14. The van der Waals surface area contributed by atoms with E-state index >= 15 is 0 Å². The van der Waals surface area contributed by atoms with Crippen LogP contribution in [0.25, 0.3) is 0 Å². The molecule has 0 bridgehead atoms. The van der Waals surface area contributed by atoms with Crippen molar-refractivity contribution in [3.63, 3.8) is 0 Å². The van der Waals surface area contributed by atoms with Crippen LogP contribution < -0.4 is 10.1 Å². The summed E-state index contributed by atoms with van der Waals surface area (Å²) in [6.45, 7) is 13.2. The number of hydrogen-bond acceptors (Lipinski definition) is 5. The topological polar surface area (TPSA) is 88.8 Å². The third kappa shape index (κ3) is 5.77. The lowest BCUT2D eigenvalue weighted by Crippen LogP contribution is -2.54. The van der Waals surface area contributed by atoms with Gasteiger partial charge in [0, 0.05) is 37.9 Å². The fourth-order valence-electron chi connectivity index (χ4n) is 3.40. The quantitative estimate of drug-likeness (QED) is 0.742. The summed E-state index contributed by atoms with van der Waals surface area (Å²) in [4.78, 5) is 14.9. The largest absolute Gasteiger partial charge is 0.492 e. The first-order valence-corrected chi connectivity index (χ1v) is 9.81. The molecule has 0 aromatic heterocycles. The molecule has 0 spiro atoms. The fraction of sp³-hybridized carbons (Fsp3) is 0.619. The summed E-state index contributed by atoms with van der Waals surface area (Å²) >= 11 is 0. The molecule has 1 aliphatic heterocycles. The van der Waals surface area contributed by atoms with Gasteiger partial charge in [-0.25, -0.2) is 4.79 Å². The third-order valence-corrected chi connectivity index (χ3v) is 4.99. The third-order valence-electron chi connectivity index (χ3n) is 4.99. The summed E-state index contributed by atoms with van der Waals surface area (Å²) in [6.07, 6.45) is -0.849. The molecule has 0 aliphatic carbocycles. The SMILES string of the molecule is CC(C)c1cc(NC(C)(C)C#N)ccc1OCCN1CCN(C(=O)O)C(C)C1. The van der Waals surface area contributed by atoms with Crippen LogP contribution in [0.2, 0.25) is 0 Å². The van der Waals surface area contributed by atoms with E-state index < -0.39 is 11.6 Å². The molecule has 7 heteroatoms. The number of carbonyl (C=O) groups is 1. The van der Waals surface area contributed by atoms with E-state index in [-0.39, 0.29) is 6.04 Å². The van der Waals surface area contributed by atoms with Crippen LogP contribution in [0.15, 0.2) is 18.2 Å². The van der Waals surface area contributed by atoms with Crippen molar-refractivity contribution < 1.29 is 14.6 Å². The molecular weight excluding hydrogens is 356 g/mol. The van der Waals surface area contributed by atoms with E-state index in [2.05, 4.69) is 30.1 Å². The molecular formula is C21H32N4O3. The highest BCUT2D eigenvalue weighted by Crippen LogP contribution is 2.30. The van der Waals surface area contributed by atoms with E-state index in [1.165, 1.54) is 4.90 Å². The Morgan fingerprint density at radius 1 is 1.43 bits per heavy atom. The van der Waals surface area contributed by atoms with Crippen molar-refractivity contribution in [1.82, 2.24) is 9.80 Å². The Labute approximate surface area is 167 Å². The summed E-state index contributed by atoms with van der Waals surface area (Å²) < 4.78 is 6.06. The van der Waals surface area contributed by atoms with Gasteiger partial charge in [-0.15, -0.1) is 0 Å². The van der Waals surface area contributed by atoms with E-state index in [0.29, 0.717) is 19.1 Å². The first kappa shape index (κ1) is 21.8. The van der Waals surface area contributed by atoms with E-state index in [9.17, 15) is 15.2 Å². The summed E-state index contributed by atoms with van der Waals surface area (Å²) in [5, 5.41) is 21.6. The number of benzene rings is 1. The molecule has 1 heterocycles. The van der Waals surface area contributed by atoms with Gasteiger partial charge in [-0.05, 0) is 50.5 Å². The Balaban J connectivity index is 1.95. The molecule has 1 unspecified atom stereocenters. The maximum Gasteiger partial charge on any atom is 0.407 e. The van der Waals surface area contributed by atoms with Crippen molar-refractivity contribution >= 4 is 11.8 Å². The highest BCUT2D eigenvalue weighted by molar-refractivity contribution is 5.65. The zero-order valence-corrected chi connectivity index (χ0v) is 17.5. The lowest BCUT2D eigenvalue weighted by Gasteiger charge is -2.38. The van der Waals surface area contributed by atoms with Crippen LogP contribution in [0.5, 0.6) is 5.75 Å². The average Bonchev–Trinajstić information content (AvgIpc) is 2.62. The first-order chi connectivity index (χ1) is 13.1. The van der Waals surface area contributed by atoms with Crippen LogP contribution in [0.1, 0.15) is 46.1 Å². The highest BCUT2D eigenvalue weighted by Gasteiger charge is 2.26. The summed E-state index contributed by atoms with van der Waals surface area (Å²) in [7, 11) is 0. The standard InChI is InChI=1S/C21H32N4O3/c1-15(2)18-12-17(23-21(4,5)14-22)6-7-19(18)28-11-10-24-8-9-25(20(26)27)16(3)13-24/h6-7,12,15-16,23H,8-11,13H2,1-5H3,(H,26,27). The lowest BCUT2D eigenvalue weighted by molar-refractivity contribution is 0.0680. The van der Waals surface area contributed by atoms with Crippen LogP contribution in [-0.2, 0) is 0 Å². The molecule has 2 rings (SSSR count). The molecule has 1 fully saturated rings. The minimum atomic E-state index is -0.849. The summed E-state index contributed by atoms with van der Waals surface area (Å²) in [5.74, 6) is 1.15. The van der Waals surface area contributed by atoms with E-state index in [1.807, 2.05) is 39.0 Å². The van der Waals surface area contributed by atoms with Crippen molar-refractivity contribution in [3.05, 3.63) is 23.8 Å². The number of piperazine rings is 1. The molecule has 1 saturated heterocycles. The lowest BCUT2D eigenvalue weighted by atomic mass is 10.00. The average molecular weight is 389 g/mol. The molecule has 1 aromatic carbocycles. The molecule has 7 nitrogen and oxygen atoms in total. The van der Waals surface area contributed by atoms with Gasteiger partial charge in [0.1, 0.15) is 17.9 Å². The van der Waals surface area contributed by atoms with Crippen LogP contribution in [0.4, 0.5) is 10.5 Å². The Hall–Kier alpha value is -2.46. The Morgan fingerprint density at radius 3 is 2.71 bits per heavy atom.